The molecule has 1 aliphatic rings. The lowest BCUT2D eigenvalue weighted by Gasteiger charge is -2.07. The summed E-state index contributed by atoms with van der Waals surface area (Å²) in [5.74, 6) is 0.164. The van der Waals surface area contributed by atoms with E-state index in [1.165, 1.54) is 27.8 Å². The number of carbonyl (C=O) groups excluding carboxylic acids is 1. The quantitative estimate of drug-likeness (QED) is 0.625. The van der Waals surface area contributed by atoms with E-state index < -0.39 is 0 Å². The van der Waals surface area contributed by atoms with Crippen LogP contribution in [0.3, 0.4) is 0 Å². The molecule has 2 aromatic rings. The van der Waals surface area contributed by atoms with Crippen molar-refractivity contribution in [2.45, 2.75) is 32.1 Å². The number of hydrogen-bond acceptors (Lipinski definition) is 2. The molecule has 0 aromatic heterocycles. The molecule has 1 amide bonds. The van der Waals surface area contributed by atoms with E-state index in [9.17, 15) is 4.79 Å². The predicted octanol–water partition coefficient (Wildman–Crippen LogP) is 3.31. The van der Waals surface area contributed by atoms with Crippen LogP contribution in [0.1, 0.15) is 36.0 Å². The van der Waals surface area contributed by atoms with Gasteiger partial charge in [-0.05, 0) is 67.1 Å². The molecule has 0 fully saturated rings. The van der Waals surface area contributed by atoms with E-state index in [1.54, 1.807) is 0 Å². The second kappa shape index (κ2) is 8.11. The van der Waals surface area contributed by atoms with Crippen molar-refractivity contribution in [3.8, 4) is 11.1 Å². The number of amides is 1. The minimum absolute atomic E-state index is 0.164. The van der Waals surface area contributed by atoms with Crippen LogP contribution in [0.15, 0.2) is 42.5 Å². The molecular formula is C21H26N2O. The predicted molar refractivity (Wildman–Crippen MR) is 99.2 cm³/mol. The second-order valence-electron chi connectivity index (χ2n) is 6.49. The maximum absolute atomic E-state index is 11.8. The summed E-state index contributed by atoms with van der Waals surface area (Å²) >= 11 is 0. The molecule has 0 bridgehead atoms. The van der Waals surface area contributed by atoms with Crippen molar-refractivity contribution in [2.75, 3.05) is 20.1 Å². The number of aryl methyl sites for hydroxylation is 1. The van der Waals surface area contributed by atoms with Crippen molar-refractivity contribution in [2.24, 2.45) is 0 Å². The van der Waals surface area contributed by atoms with Crippen LogP contribution in [0.2, 0.25) is 0 Å². The van der Waals surface area contributed by atoms with Crippen molar-refractivity contribution in [3.63, 3.8) is 0 Å². The Kier molecular flexibility index (Phi) is 5.65. The van der Waals surface area contributed by atoms with Gasteiger partial charge in [-0.3, -0.25) is 4.79 Å². The Morgan fingerprint density at radius 1 is 1.00 bits per heavy atom. The molecule has 3 rings (SSSR count). The Hall–Kier alpha value is -2.13. The molecule has 126 valence electrons. The second-order valence-corrected chi connectivity index (χ2v) is 6.49. The highest BCUT2D eigenvalue weighted by Crippen LogP contribution is 2.36. The molecule has 3 nitrogen and oxygen atoms in total. The van der Waals surface area contributed by atoms with E-state index in [0.29, 0.717) is 6.42 Å². The van der Waals surface area contributed by atoms with E-state index in [4.69, 9.17) is 0 Å². The number of carbonyl (C=O) groups is 1. The molecule has 0 spiro atoms. The van der Waals surface area contributed by atoms with Crippen LogP contribution >= 0.6 is 0 Å². The van der Waals surface area contributed by atoms with Crippen LogP contribution in [-0.2, 0) is 17.6 Å². The highest BCUT2D eigenvalue weighted by atomic mass is 16.1. The van der Waals surface area contributed by atoms with Gasteiger partial charge in [-0.1, -0.05) is 42.5 Å². The summed E-state index contributed by atoms with van der Waals surface area (Å²) < 4.78 is 0. The van der Waals surface area contributed by atoms with Crippen molar-refractivity contribution in [1.82, 2.24) is 10.6 Å². The molecule has 0 aliphatic heterocycles. The summed E-state index contributed by atoms with van der Waals surface area (Å²) in [6.45, 7) is 1.70. The van der Waals surface area contributed by atoms with Gasteiger partial charge < -0.3 is 10.6 Å². The van der Waals surface area contributed by atoms with Crippen molar-refractivity contribution in [3.05, 3.63) is 59.2 Å². The average molecular weight is 322 g/mol. The lowest BCUT2D eigenvalue weighted by molar-refractivity contribution is -0.121. The highest BCUT2D eigenvalue weighted by Gasteiger charge is 2.17. The molecule has 0 saturated heterocycles. The molecule has 2 aromatic carbocycles. The van der Waals surface area contributed by atoms with Gasteiger partial charge in [0.1, 0.15) is 0 Å². The SMILES string of the molecule is CNCCCNC(=O)CCCc1ccc2c(c1)-c1ccccc1C2. The van der Waals surface area contributed by atoms with Crippen molar-refractivity contribution in [1.29, 1.82) is 0 Å². The third-order valence-electron chi connectivity index (χ3n) is 4.66. The van der Waals surface area contributed by atoms with Crippen LogP contribution in [0, 0.1) is 0 Å². The van der Waals surface area contributed by atoms with E-state index in [0.717, 1.165) is 38.8 Å². The van der Waals surface area contributed by atoms with Gasteiger partial charge in [0, 0.05) is 13.0 Å². The van der Waals surface area contributed by atoms with Gasteiger partial charge in [-0.15, -0.1) is 0 Å². The summed E-state index contributed by atoms with van der Waals surface area (Å²) in [5, 5.41) is 6.06. The number of rotatable bonds is 8. The average Bonchev–Trinajstić information content (AvgIpc) is 2.97. The Morgan fingerprint density at radius 3 is 2.71 bits per heavy atom. The molecule has 1 aliphatic carbocycles. The van der Waals surface area contributed by atoms with Crippen molar-refractivity contribution >= 4 is 5.91 Å². The van der Waals surface area contributed by atoms with Gasteiger partial charge >= 0.3 is 0 Å². The maximum Gasteiger partial charge on any atom is 0.220 e. The maximum atomic E-state index is 11.8. The first-order chi connectivity index (χ1) is 11.8. The third-order valence-corrected chi connectivity index (χ3v) is 4.66. The molecule has 0 saturated carbocycles. The Balaban J connectivity index is 1.50. The fourth-order valence-corrected chi connectivity index (χ4v) is 3.36. The van der Waals surface area contributed by atoms with Crippen LogP contribution in [0.25, 0.3) is 11.1 Å². The summed E-state index contributed by atoms with van der Waals surface area (Å²) in [6, 6.07) is 15.4. The first-order valence-corrected chi connectivity index (χ1v) is 8.89. The number of nitrogens with one attached hydrogen (secondary N) is 2. The third kappa shape index (κ3) is 4.04. The van der Waals surface area contributed by atoms with Gasteiger partial charge in [0.05, 0.1) is 0 Å². The molecule has 0 atom stereocenters. The Labute approximate surface area is 144 Å². The standard InChI is InChI=1S/C21H26N2O/c1-22-12-5-13-23-21(24)9-4-6-16-10-11-18-15-17-7-2-3-8-19(17)20(18)14-16/h2-3,7-8,10-11,14,22H,4-6,9,12-13,15H2,1H3,(H,23,24). The van der Waals surface area contributed by atoms with Gasteiger partial charge in [0.2, 0.25) is 5.91 Å². The molecule has 0 radical (unpaired) electrons. The fraction of sp³-hybridized carbons (Fsp3) is 0.381. The molecule has 0 unspecified atom stereocenters. The van der Waals surface area contributed by atoms with Gasteiger partial charge in [0.25, 0.3) is 0 Å². The summed E-state index contributed by atoms with van der Waals surface area (Å²) in [4.78, 5) is 11.8. The minimum Gasteiger partial charge on any atom is -0.356 e. The van der Waals surface area contributed by atoms with E-state index >= 15 is 0 Å². The molecule has 24 heavy (non-hydrogen) atoms. The monoisotopic (exact) mass is 322 g/mol. The van der Waals surface area contributed by atoms with Gasteiger partial charge in [-0.2, -0.15) is 0 Å². The van der Waals surface area contributed by atoms with Gasteiger partial charge in [-0.25, -0.2) is 0 Å². The summed E-state index contributed by atoms with van der Waals surface area (Å²) in [5.41, 5.74) is 6.91. The summed E-state index contributed by atoms with van der Waals surface area (Å²) in [6.07, 6.45) is 4.48. The van der Waals surface area contributed by atoms with E-state index in [-0.39, 0.29) is 5.91 Å². The smallest absolute Gasteiger partial charge is 0.220 e. The highest BCUT2D eigenvalue weighted by molar-refractivity contribution is 5.77. The number of hydrogen-bond donors (Lipinski definition) is 2. The Bertz CT molecular complexity index is 709. The zero-order valence-electron chi connectivity index (χ0n) is 14.4. The first kappa shape index (κ1) is 16.7. The zero-order chi connectivity index (χ0) is 16.8. The molecular weight excluding hydrogens is 296 g/mol. The van der Waals surface area contributed by atoms with Crippen LogP contribution in [0.4, 0.5) is 0 Å². The van der Waals surface area contributed by atoms with Gasteiger partial charge in [0.15, 0.2) is 0 Å². The molecule has 3 heteroatoms. The first-order valence-electron chi connectivity index (χ1n) is 8.89. The molecule has 0 heterocycles. The lowest BCUT2D eigenvalue weighted by atomic mass is 10.00. The normalized spacial score (nSPS) is 11.9. The van der Waals surface area contributed by atoms with Crippen LogP contribution in [0.5, 0.6) is 0 Å². The fourth-order valence-electron chi connectivity index (χ4n) is 3.36. The lowest BCUT2D eigenvalue weighted by Crippen LogP contribution is -2.26. The summed E-state index contributed by atoms with van der Waals surface area (Å²) in [7, 11) is 1.93. The number of benzene rings is 2. The largest absolute Gasteiger partial charge is 0.356 e. The number of fused-ring (bicyclic) bond motifs is 3. The van der Waals surface area contributed by atoms with E-state index in [1.807, 2.05) is 7.05 Å². The van der Waals surface area contributed by atoms with E-state index in [2.05, 4.69) is 53.1 Å². The Morgan fingerprint density at radius 2 is 1.83 bits per heavy atom. The van der Waals surface area contributed by atoms with Crippen molar-refractivity contribution < 1.29 is 4.79 Å². The van der Waals surface area contributed by atoms with Crippen LogP contribution in [-0.4, -0.2) is 26.0 Å². The zero-order valence-corrected chi connectivity index (χ0v) is 14.4. The minimum atomic E-state index is 0.164. The molecule has 2 N–H and O–H groups in total. The topological polar surface area (TPSA) is 41.1 Å². The van der Waals surface area contributed by atoms with Crippen LogP contribution < -0.4 is 10.6 Å².